The maximum atomic E-state index is 14.5. The van der Waals surface area contributed by atoms with E-state index in [4.69, 9.17) is 4.74 Å². The van der Waals surface area contributed by atoms with Crippen molar-refractivity contribution in [3.8, 4) is 5.75 Å². The minimum absolute atomic E-state index is 0.0470. The van der Waals surface area contributed by atoms with E-state index in [2.05, 4.69) is 10.3 Å². The summed E-state index contributed by atoms with van der Waals surface area (Å²) in [5.74, 6) is -4.25. The summed E-state index contributed by atoms with van der Waals surface area (Å²) in [6, 6.07) is 3.61. The number of carbonyl (C=O) groups excluding carboxylic acids is 1. The molecule has 1 unspecified atom stereocenters. The van der Waals surface area contributed by atoms with E-state index in [-0.39, 0.29) is 34.9 Å². The van der Waals surface area contributed by atoms with E-state index in [9.17, 15) is 22.4 Å². The second kappa shape index (κ2) is 7.60. The molecule has 0 spiro atoms. The third-order valence-corrected chi connectivity index (χ3v) is 5.34. The van der Waals surface area contributed by atoms with Gasteiger partial charge in [0.2, 0.25) is 5.96 Å². The molecule has 2 aromatic rings. The molecule has 6 nitrogen and oxygen atoms in total. The van der Waals surface area contributed by atoms with Gasteiger partial charge >= 0.3 is 6.03 Å². The summed E-state index contributed by atoms with van der Waals surface area (Å²) in [6.07, 6.45) is 1.99. The molecule has 31 heavy (non-hydrogen) atoms. The molecular formula is C21H18F4N4O2. The summed E-state index contributed by atoms with van der Waals surface area (Å²) in [7, 11) is 2.87. The minimum atomic E-state index is -1.56. The van der Waals surface area contributed by atoms with E-state index in [0.29, 0.717) is 5.82 Å². The highest BCUT2D eigenvalue weighted by Crippen LogP contribution is 2.39. The van der Waals surface area contributed by atoms with E-state index in [0.717, 1.165) is 12.1 Å². The van der Waals surface area contributed by atoms with E-state index in [1.165, 1.54) is 38.1 Å². The summed E-state index contributed by atoms with van der Waals surface area (Å²) < 4.78 is 60.6. The van der Waals surface area contributed by atoms with Crippen LogP contribution in [0.25, 0.3) is 0 Å². The van der Waals surface area contributed by atoms with Crippen molar-refractivity contribution < 1.29 is 27.1 Å². The monoisotopic (exact) mass is 434 g/mol. The fourth-order valence-electron chi connectivity index (χ4n) is 3.66. The maximum absolute atomic E-state index is 14.5. The van der Waals surface area contributed by atoms with Crippen LogP contribution in [0.5, 0.6) is 5.75 Å². The van der Waals surface area contributed by atoms with Crippen LogP contribution < -0.4 is 10.1 Å². The van der Waals surface area contributed by atoms with Gasteiger partial charge in [-0.05, 0) is 49.2 Å². The van der Waals surface area contributed by atoms with E-state index >= 15 is 0 Å². The van der Waals surface area contributed by atoms with Gasteiger partial charge in [0, 0.05) is 12.6 Å². The number of ether oxygens (including phenoxy) is 1. The molecular weight excluding hydrogens is 416 g/mol. The quantitative estimate of drug-likeness (QED) is 0.572. The third-order valence-electron chi connectivity index (χ3n) is 5.34. The van der Waals surface area contributed by atoms with Gasteiger partial charge in [-0.25, -0.2) is 27.3 Å². The van der Waals surface area contributed by atoms with Crippen LogP contribution in [0.15, 0.2) is 41.2 Å². The highest BCUT2D eigenvalue weighted by molar-refractivity contribution is 6.02. The van der Waals surface area contributed by atoms with E-state index in [1.54, 1.807) is 11.0 Å². The smallest absolute Gasteiger partial charge is 0.329 e. The Kier molecular flexibility index (Phi) is 5.08. The largest absolute Gasteiger partial charge is 0.494 e. The van der Waals surface area contributed by atoms with Gasteiger partial charge in [-0.3, -0.25) is 15.1 Å². The molecule has 1 fully saturated rings. The van der Waals surface area contributed by atoms with Crippen LogP contribution in [-0.4, -0.2) is 35.9 Å². The Morgan fingerprint density at radius 3 is 2.45 bits per heavy atom. The number of benzene rings is 2. The molecule has 2 heterocycles. The first kappa shape index (κ1) is 20.7. The van der Waals surface area contributed by atoms with Gasteiger partial charge in [0.05, 0.1) is 18.8 Å². The predicted octanol–water partition coefficient (Wildman–Crippen LogP) is 4.49. The number of urea groups is 1. The first-order chi connectivity index (χ1) is 14.7. The number of methoxy groups -OCH3 is 1. The van der Waals surface area contributed by atoms with Crippen molar-refractivity contribution in [1.82, 2.24) is 15.1 Å². The summed E-state index contributed by atoms with van der Waals surface area (Å²) in [5, 5.41) is 2.61. The molecule has 1 N–H and O–H groups in total. The summed E-state index contributed by atoms with van der Waals surface area (Å²) in [4.78, 5) is 19.7. The van der Waals surface area contributed by atoms with Crippen molar-refractivity contribution in [1.29, 1.82) is 0 Å². The maximum Gasteiger partial charge on any atom is 0.329 e. The number of nitrogens with zero attached hydrogens (tertiary/aromatic N) is 3. The lowest BCUT2D eigenvalue weighted by molar-refractivity contribution is 0.199. The molecule has 2 aliphatic heterocycles. The fourth-order valence-corrected chi connectivity index (χ4v) is 3.66. The number of carbonyl (C=O) groups is 1. The van der Waals surface area contributed by atoms with Gasteiger partial charge in [0.15, 0.2) is 29.0 Å². The Labute approximate surface area is 175 Å². The highest BCUT2D eigenvalue weighted by Gasteiger charge is 2.40. The molecule has 1 saturated heterocycles. The normalized spacial score (nSPS) is 19.5. The van der Waals surface area contributed by atoms with Crippen LogP contribution in [-0.2, 0) is 0 Å². The Bertz CT molecular complexity index is 1130. The first-order valence-corrected chi connectivity index (χ1v) is 9.33. The van der Waals surface area contributed by atoms with Gasteiger partial charge in [0.1, 0.15) is 5.82 Å². The van der Waals surface area contributed by atoms with Crippen molar-refractivity contribution in [3.63, 3.8) is 0 Å². The standard InChI is InChI=1S/C21H18F4N4O2/c1-10-14(4-6-16(31-3)18(10)24)26-20-27-21(30)28(2)17-7-5-15(29(17)20)11-8-12(22)19(25)13(23)9-11/h4,6-9,15H,5H2,1-3H3,(H,26,27,30). The number of nitrogens with one attached hydrogen (secondary N) is 1. The molecule has 1 atom stereocenters. The minimum Gasteiger partial charge on any atom is -0.494 e. The molecule has 0 aliphatic carbocycles. The summed E-state index contributed by atoms with van der Waals surface area (Å²) in [6.45, 7) is 1.51. The zero-order valence-electron chi connectivity index (χ0n) is 16.8. The van der Waals surface area contributed by atoms with Crippen LogP contribution in [0.1, 0.15) is 23.6 Å². The number of hydrogen-bond donors (Lipinski definition) is 1. The molecule has 4 rings (SSSR count). The van der Waals surface area contributed by atoms with Gasteiger partial charge in [-0.15, -0.1) is 0 Å². The Morgan fingerprint density at radius 2 is 1.81 bits per heavy atom. The summed E-state index contributed by atoms with van der Waals surface area (Å²) in [5.41, 5.74) is 0.595. The lowest BCUT2D eigenvalue weighted by atomic mass is 10.0. The number of amides is 2. The fraction of sp³-hybridized carbons (Fsp3) is 0.238. The molecule has 162 valence electrons. The second-order valence-corrected chi connectivity index (χ2v) is 7.13. The van der Waals surface area contributed by atoms with Crippen LogP contribution in [0, 0.1) is 30.2 Å². The lowest BCUT2D eigenvalue weighted by Crippen LogP contribution is -2.56. The number of rotatable bonds is 3. The predicted molar refractivity (Wildman–Crippen MR) is 105 cm³/mol. The van der Waals surface area contributed by atoms with Gasteiger partial charge in [0.25, 0.3) is 0 Å². The van der Waals surface area contributed by atoms with Crippen molar-refractivity contribution in [3.05, 3.63) is 70.6 Å². The van der Waals surface area contributed by atoms with Crippen LogP contribution in [0.3, 0.4) is 0 Å². The number of aliphatic imine (C=N–C) groups is 1. The average Bonchev–Trinajstić information content (AvgIpc) is 3.19. The topological polar surface area (TPSA) is 57.2 Å². The SMILES string of the molecule is COc1ccc(N=C2NC(=O)N(C)C3=CCC(c4cc(F)c(F)c(F)c4)N32)c(C)c1F. The van der Waals surface area contributed by atoms with Crippen LogP contribution in [0.2, 0.25) is 0 Å². The van der Waals surface area contributed by atoms with E-state index in [1.807, 2.05) is 0 Å². The Balaban J connectivity index is 1.81. The highest BCUT2D eigenvalue weighted by atomic mass is 19.2. The van der Waals surface area contributed by atoms with Crippen molar-refractivity contribution in [2.45, 2.75) is 19.4 Å². The van der Waals surface area contributed by atoms with Crippen LogP contribution >= 0.6 is 0 Å². The number of halogens is 4. The third kappa shape index (κ3) is 3.37. The zero-order valence-corrected chi connectivity index (χ0v) is 16.8. The van der Waals surface area contributed by atoms with Crippen molar-refractivity contribution in [2.24, 2.45) is 4.99 Å². The van der Waals surface area contributed by atoms with E-state index < -0.39 is 35.3 Å². The summed E-state index contributed by atoms with van der Waals surface area (Å²) >= 11 is 0. The average molecular weight is 434 g/mol. The zero-order chi connectivity index (χ0) is 22.4. The molecule has 0 bridgehead atoms. The van der Waals surface area contributed by atoms with Gasteiger partial charge in [-0.2, -0.15) is 0 Å². The number of hydrogen-bond acceptors (Lipinski definition) is 3. The second-order valence-electron chi connectivity index (χ2n) is 7.13. The van der Waals surface area contributed by atoms with Gasteiger partial charge < -0.3 is 4.74 Å². The molecule has 10 heteroatoms. The van der Waals surface area contributed by atoms with Crippen molar-refractivity contribution >= 4 is 17.7 Å². The number of fused-ring (bicyclic) bond motifs is 1. The van der Waals surface area contributed by atoms with Gasteiger partial charge in [-0.1, -0.05) is 0 Å². The molecule has 0 saturated carbocycles. The first-order valence-electron chi connectivity index (χ1n) is 9.33. The number of guanidine groups is 1. The molecule has 2 aliphatic rings. The lowest BCUT2D eigenvalue weighted by Gasteiger charge is -2.38. The van der Waals surface area contributed by atoms with Crippen LogP contribution in [0.4, 0.5) is 28.0 Å². The molecule has 0 aromatic heterocycles. The molecule has 2 aromatic carbocycles. The molecule has 0 radical (unpaired) electrons. The molecule has 2 amide bonds. The van der Waals surface area contributed by atoms with Crippen molar-refractivity contribution in [2.75, 3.05) is 14.2 Å². The Hall–Kier alpha value is -3.56. The Morgan fingerprint density at radius 1 is 1.13 bits per heavy atom.